The highest BCUT2D eigenvalue weighted by atomic mass is 32.2. The van der Waals surface area contributed by atoms with Gasteiger partial charge in [-0.3, -0.25) is 9.80 Å². The van der Waals surface area contributed by atoms with Gasteiger partial charge in [-0.2, -0.15) is 11.8 Å². The van der Waals surface area contributed by atoms with E-state index in [4.69, 9.17) is 0 Å². The Morgan fingerprint density at radius 1 is 1.22 bits per heavy atom. The van der Waals surface area contributed by atoms with Crippen molar-refractivity contribution in [1.82, 2.24) is 15.1 Å². The molecule has 3 aliphatic heterocycles. The van der Waals surface area contributed by atoms with E-state index in [1.807, 2.05) is 0 Å². The zero-order chi connectivity index (χ0) is 12.4. The molecule has 0 amide bonds. The van der Waals surface area contributed by atoms with Crippen LogP contribution < -0.4 is 5.32 Å². The number of hydrogen-bond donors (Lipinski definition) is 1. The lowest BCUT2D eigenvalue weighted by molar-refractivity contribution is 0.0559. The van der Waals surface area contributed by atoms with E-state index in [1.165, 1.54) is 69.9 Å². The lowest BCUT2D eigenvalue weighted by atomic mass is 9.86. The third-order valence-electron chi connectivity index (χ3n) is 5.20. The van der Waals surface area contributed by atoms with Gasteiger partial charge in [0.25, 0.3) is 0 Å². The third-order valence-corrected chi connectivity index (χ3v) is 6.35. The monoisotopic (exact) mass is 269 g/mol. The van der Waals surface area contributed by atoms with E-state index in [-0.39, 0.29) is 0 Å². The van der Waals surface area contributed by atoms with Gasteiger partial charge in [0.2, 0.25) is 0 Å². The SMILES string of the molecule is CN1CCCN([C@@H]2CCSC2)CC12CCNCC2. The molecule has 1 atom stereocenters. The average molecular weight is 269 g/mol. The smallest absolute Gasteiger partial charge is 0.0357 e. The zero-order valence-electron chi connectivity index (χ0n) is 11.7. The summed E-state index contributed by atoms with van der Waals surface area (Å²) in [5, 5.41) is 3.53. The molecule has 4 heteroatoms. The maximum atomic E-state index is 3.53. The predicted octanol–water partition coefficient (Wildman–Crippen LogP) is 1.25. The lowest BCUT2D eigenvalue weighted by Crippen LogP contribution is -2.58. The van der Waals surface area contributed by atoms with Crippen LogP contribution in [0.15, 0.2) is 0 Å². The summed E-state index contributed by atoms with van der Waals surface area (Å²) in [6.45, 7) is 6.34. The molecule has 18 heavy (non-hydrogen) atoms. The van der Waals surface area contributed by atoms with Crippen molar-refractivity contribution in [3.63, 3.8) is 0 Å². The second kappa shape index (κ2) is 5.70. The number of nitrogens with zero attached hydrogens (tertiary/aromatic N) is 2. The second-order valence-corrected chi connectivity index (χ2v) is 7.39. The topological polar surface area (TPSA) is 18.5 Å². The highest BCUT2D eigenvalue weighted by molar-refractivity contribution is 7.99. The van der Waals surface area contributed by atoms with Gasteiger partial charge in [0.05, 0.1) is 0 Å². The van der Waals surface area contributed by atoms with Crippen molar-refractivity contribution in [1.29, 1.82) is 0 Å². The highest BCUT2D eigenvalue weighted by Crippen LogP contribution is 2.32. The van der Waals surface area contributed by atoms with E-state index in [0.717, 1.165) is 6.04 Å². The molecule has 0 aromatic rings. The van der Waals surface area contributed by atoms with Crippen LogP contribution >= 0.6 is 11.8 Å². The number of rotatable bonds is 1. The summed E-state index contributed by atoms with van der Waals surface area (Å²) in [5.74, 6) is 2.75. The van der Waals surface area contributed by atoms with Crippen LogP contribution in [-0.4, -0.2) is 72.7 Å². The van der Waals surface area contributed by atoms with Gasteiger partial charge < -0.3 is 5.32 Å². The normalized spacial score (nSPS) is 34.8. The quantitative estimate of drug-likeness (QED) is 0.772. The van der Waals surface area contributed by atoms with Gasteiger partial charge in [-0.05, 0) is 64.7 Å². The third kappa shape index (κ3) is 2.58. The minimum Gasteiger partial charge on any atom is -0.317 e. The van der Waals surface area contributed by atoms with Crippen LogP contribution in [-0.2, 0) is 0 Å². The first kappa shape index (κ1) is 13.2. The van der Waals surface area contributed by atoms with Crippen LogP contribution in [0.25, 0.3) is 0 Å². The predicted molar refractivity (Wildman–Crippen MR) is 79.4 cm³/mol. The largest absolute Gasteiger partial charge is 0.317 e. The number of hydrogen-bond acceptors (Lipinski definition) is 4. The Morgan fingerprint density at radius 3 is 2.78 bits per heavy atom. The molecular formula is C14H27N3S. The van der Waals surface area contributed by atoms with Crippen LogP contribution in [0, 0.1) is 0 Å². The summed E-state index contributed by atoms with van der Waals surface area (Å²) in [6, 6.07) is 0.869. The molecule has 3 saturated heterocycles. The van der Waals surface area contributed by atoms with Crippen LogP contribution in [0.1, 0.15) is 25.7 Å². The van der Waals surface area contributed by atoms with Crippen molar-refractivity contribution in [3.8, 4) is 0 Å². The summed E-state index contributed by atoms with van der Waals surface area (Å²) in [6.07, 6.45) is 5.44. The molecule has 0 bridgehead atoms. The van der Waals surface area contributed by atoms with E-state index < -0.39 is 0 Å². The first-order valence-corrected chi connectivity index (χ1v) is 8.69. The fourth-order valence-electron chi connectivity index (χ4n) is 3.88. The van der Waals surface area contributed by atoms with Crippen LogP contribution in [0.3, 0.4) is 0 Å². The molecule has 1 spiro atoms. The Labute approximate surface area is 116 Å². The first-order chi connectivity index (χ1) is 8.80. The molecule has 104 valence electrons. The summed E-state index contributed by atoms with van der Waals surface area (Å²) in [5.41, 5.74) is 0.467. The zero-order valence-corrected chi connectivity index (χ0v) is 12.5. The molecular weight excluding hydrogens is 242 g/mol. The number of likely N-dealkylation sites (N-methyl/N-ethyl adjacent to an activating group) is 1. The average Bonchev–Trinajstić information content (AvgIpc) is 2.88. The maximum absolute atomic E-state index is 3.53. The van der Waals surface area contributed by atoms with Crippen LogP contribution in [0.2, 0.25) is 0 Å². The van der Waals surface area contributed by atoms with E-state index in [0.29, 0.717) is 5.54 Å². The van der Waals surface area contributed by atoms with E-state index in [2.05, 4.69) is 33.9 Å². The van der Waals surface area contributed by atoms with Crippen molar-refractivity contribution < 1.29 is 0 Å². The Hall–Kier alpha value is 0.230. The van der Waals surface area contributed by atoms with Crippen molar-refractivity contribution in [2.45, 2.75) is 37.3 Å². The van der Waals surface area contributed by atoms with Crippen LogP contribution in [0.4, 0.5) is 0 Å². The first-order valence-electron chi connectivity index (χ1n) is 7.54. The van der Waals surface area contributed by atoms with E-state index in [1.54, 1.807) is 0 Å². The van der Waals surface area contributed by atoms with Crippen molar-refractivity contribution in [2.24, 2.45) is 0 Å². The summed E-state index contributed by atoms with van der Waals surface area (Å²) < 4.78 is 0. The molecule has 3 aliphatic rings. The Morgan fingerprint density at radius 2 is 2.06 bits per heavy atom. The molecule has 3 fully saturated rings. The summed E-state index contributed by atoms with van der Waals surface area (Å²) in [7, 11) is 2.36. The fraction of sp³-hybridized carbons (Fsp3) is 1.00. The van der Waals surface area contributed by atoms with Gasteiger partial charge in [-0.25, -0.2) is 0 Å². The van der Waals surface area contributed by atoms with Crippen molar-refractivity contribution >= 4 is 11.8 Å². The van der Waals surface area contributed by atoms with Gasteiger partial charge in [-0.15, -0.1) is 0 Å². The fourth-order valence-corrected chi connectivity index (χ4v) is 5.13. The number of nitrogens with one attached hydrogen (secondary N) is 1. The second-order valence-electron chi connectivity index (χ2n) is 6.24. The minimum atomic E-state index is 0.467. The summed E-state index contributed by atoms with van der Waals surface area (Å²) >= 11 is 2.15. The highest BCUT2D eigenvalue weighted by Gasteiger charge is 2.40. The van der Waals surface area contributed by atoms with Crippen molar-refractivity contribution in [2.75, 3.05) is 51.3 Å². The molecule has 3 nitrogen and oxygen atoms in total. The Kier molecular flexibility index (Phi) is 4.18. The summed E-state index contributed by atoms with van der Waals surface area (Å²) in [4.78, 5) is 5.50. The standard InChI is InChI=1S/C14H27N3S/c1-16-8-2-9-17(13-3-10-18-11-13)12-14(16)4-6-15-7-5-14/h13,15H,2-12H2,1H3/t13-/m1/s1. The Balaban J connectivity index is 1.73. The number of piperidine rings is 1. The van der Waals surface area contributed by atoms with Gasteiger partial charge in [0, 0.05) is 23.9 Å². The molecule has 0 aliphatic carbocycles. The molecule has 0 saturated carbocycles. The van der Waals surface area contributed by atoms with Gasteiger partial charge in [0.15, 0.2) is 0 Å². The molecule has 0 radical (unpaired) electrons. The minimum absolute atomic E-state index is 0.467. The van der Waals surface area contributed by atoms with Crippen molar-refractivity contribution in [3.05, 3.63) is 0 Å². The van der Waals surface area contributed by atoms with Gasteiger partial charge in [-0.1, -0.05) is 0 Å². The molecule has 3 heterocycles. The molecule has 3 rings (SSSR count). The van der Waals surface area contributed by atoms with E-state index >= 15 is 0 Å². The Bertz CT molecular complexity index is 272. The van der Waals surface area contributed by atoms with Gasteiger partial charge in [0.1, 0.15) is 0 Å². The van der Waals surface area contributed by atoms with Gasteiger partial charge >= 0.3 is 0 Å². The molecule has 1 N–H and O–H groups in total. The maximum Gasteiger partial charge on any atom is 0.0357 e. The molecule has 0 unspecified atom stereocenters. The lowest BCUT2D eigenvalue weighted by Gasteiger charge is -2.46. The van der Waals surface area contributed by atoms with Crippen LogP contribution in [0.5, 0.6) is 0 Å². The molecule has 0 aromatic carbocycles. The number of thioether (sulfide) groups is 1. The van der Waals surface area contributed by atoms with E-state index in [9.17, 15) is 0 Å². The molecule has 0 aromatic heterocycles.